The van der Waals surface area contributed by atoms with E-state index in [0.717, 1.165) is 35.7 Å². The molecule has 140 valence electrons. The monoisotopic (exact) mass is 374 g/mol. The van der Waals surface area contributed by atoms with Crippen LogP contribution in [0.25, 0.3) is 27.2 Å². The first-order chi connectivity index (χ1) is 14.3. The number of hydrogen-bond acceptors (Lipinski definition) is 2. The first kappa shape index (κ1) is 16.6. The number of nitrogen functional groups attached to an aromatic ring is 1. The maximum Gasteiger partial charge on any atom is 0.127 e. The van der Waals surface area contributed by atoms with Crippen LogP contribution in [-0.4, -0.2) is 4.98 Å². The van der Waals surface area contributed by atoms with Gasteiger partial charge < -0.3 is 5.73 Å². The third kappa shape index (κ3) is 2.60. The van der Waals surface area contributed by atoms with E-state index in [1.807, 2.05) is 12.1 Å². The SMILES string of the molecule is Nc1nc2ccccc2cc1C1C=CC2=C(CCc3c2ccc2ccccc32)C1. The van der Waals surface area contributed by atoms with E-state index >= 15 is 0 Å². The molecule has 2 nitrogen and oxygen atoms in total. The second-order valence-electron chi connectivity index (χ2n) is 8.16. The lowest BCUT2D eigenvalue weighted by molar-refractivity contribution is 0.757. The molecular formula is C27H22N2. The van der Waals surface area contributed by atoms with Crippen LogP contribution in [0.1, 0.15) is 35.4 Å². The summed E-state index contributed by atoms with van der Waals surface area (Å²) in [7, 11) is 0. The molecule has 0 amide bonds. The minimum Gasteiger partial charge on any atom is -0.383 e. The van der Waals surface area contributed by atoms with E-state index in [1.54, 1.807) is 5.57 Å². The van der Waals surface area contributed by atoms with E-state index in [2.05, 4.69) is 71.7 Å². The molecule has 1 heterocycles. The predicted molar refractivity (Wildman–Crippen MR) is 122 cm³/mol. The Morgan fingerprint density at radius 3 is 2.62 bits per heavy atom. The molecule has 0 spiro atoms. The number of fused-ring (bicyclic) bond motifs is 5. The summed E-state index contributed by atoms with van der Waals surface area (Å²) >= 11 is 0. The largest absolute Gasteiger partial charge is 0.383 e. The summed E-state index contributed by atoms with van der Waals surface area (Å²) < 4.78 is 0. The van der Waals surface area contributed by atoms with Crippen LogP contribution in [0.3, 0.4) is 0 Å². The van der Waals surface area contributed by atoms with Crippen LogP contribution in [-0.2, 0) is 6.42 Å². The van der Waals surface area contributed by atoms with E-state index in [1.165, 1.54) is 27.5 Å². The second-order valence-corrected chi connectivity index (χ2v) is 8.16. The Hall–Kier alpha value is -3.39. The van der Waals surface area contributed by atoms with Crippen molar-refractivity contribution in [1.82, 2.24) is 4.98 Å². The molecule has 2 heteroatoms. The van der Waals surface area contributed by atoms with Crippen LogP contribution < -0.4 is 5.73 Å². The summed E-state index contributed by atoms with van der Waals surface area (Å²) in [6.07, 6.45) is 7.91. The van der Waals surface area contributed by atoms with Crippen molar-refractivity contribution in [2.75, 3.05) is 5.73 Å². The number of para-hydroxylation sites is 1. The molecule has 29 heavy (non-hydrogen) atoms. The van der Waals surface area contributed by atoms with Crippen molar-refractivity contribution in [3.8, 4) is 0 Å². The Bertz CT molecular complexity index is 1340. The summed E-state index contributed by atoms with van der Waals surface area (Å²) in [4.78, 5) is 4.65. The summed E-state index contributed by atoms with van der Waals surface area (Å²) in [5, 5.41) is 3.89. The Balaban J connectivity index is 1.41. The van der Waals surface area contributed by atoms with Crippen LogP contribution in [0.4, 0.5) is 5.82 Å². The van der Waals surface area contributed by atoms with Crippen LogP contribution in [0, 0.1) is 0 Å². The van der Waals surface area contributed by atoms with Gasteiger partial charge in [-0.15, -0.1) is 0 Å². The molecule has 0 bridgehead atoms. The third-order valence-corrected chi connectivity index (χ3v) is 6.53. The number of anilines is 1. The lowest BCUT2D eigenvalue weighted by Gasteiger charge is -2.29. The molecule has 4 aromatic rings. The van der Waals surface area contributed by atoms with Crippen molar-refractivity contribution >= 4 is 33.1 Å². The lowest BCUT2D eigenvalue weighted by Crippen LogP contribution is -2.12. The third-order valence-electron chi connectivity index (χ3n) is 6.53. The number of rotatable bonds is 1. The summed E-state index contributed by atoms with van der Waals surface area (Å²) in [6, 6.07) is 23.7. The zero-order chi connectivity index (χ0) is 19.4. The van der Waals surface area contributed by atoms with E-state index in [-0.39, 0.29) is 0 Å². The van der Waals surface area contributed by atoms with Crippen LogP contribution in [0.2, 0.25) is 0 Å². The topological polar surface area (TPSA) is 38.9 Å². The van der Waals surface area contributed by atoms with Gasteiger partial charge in [0, 0.05) is 16.9 Å². The van der Waals surface area contributed by atoms with Crippen molar-refractivity contribution < 1.29 is 0 Å². The Morgan fingerprint density at radius 1 is 0.862 bits per heavy atom. The van der Waals surface area contributed by atoms with E-state index in [4.69, 9.17) is 5.73 Å². The van der Waals surface area contributed by atoms with Gasteiger partial charge in [-0.25, -0.2) is 4.98 Å². The standard InChI is InChI=1S/C27H22N2/c28-27-25(16-20-6-2-4-8-26(20)29-27)19-10-12-22-18(15-19)11-14-23-21-7-3-1-5-17(21)9-13-24(22)23/h1-10,12-13,16,19H,11,14-15H2,(H2,28,29). The molecule has 2 aliphatic rings. The van der Waals surface area contributed by atoms with Crippen molar-refractivity contribution in [2.24, 2.45) is 0 Å². The average Bonchev–Trinajstić information content (AvgIpc) is 2.77. The number of pyridine rings is 1. The summed E-state index contributed by atoms with van der Waals surface area (Å²) in [6.45, 7) is 0. The quantitative estimate of drug-likeness (QED) is 0.418. The molecule has 6 rings (SSSR count). The van der Waals surface area contributed by atoms with Gasteiger partial charge >= 0.3 is 0 Å². The van der Waals surface area contributed by atoms with E-state index < -0.39 is 0 Å². The molecule has 0 fully saturated rings. The van der Waals surface area contributed by atoms with Crippen molar-refractivity contribution in [1.29, 1.82) is 0 Å². The van der Waals surface area contributed by atoms with Gasteiger partial charge in [0.1, 0.15) is 5.82 Å². The Morgan fingerprint density at radius 2 is 1.69 bits per heavy atom. The number of nitrogens with zero attached hydrogens (tertiary/aromatic N) is 1. The normalized spacial score (nSPS) is 18.1. The number of hydrogen-bond donors (Lipinski definition) is 1. The smallest absolute Gasteiger partial charge is 0.127 e. The average molecular weight is 374 g/mol. The van der Waals surface area contributed by atoms with Crippen molar-refractivity contribution in [3.05, 3.63) is 101 Å². The van der Waals surface area contributed by atoms with E-state index in [9.17, 15) is 0 Å². The highest BCUT2D eigenvalue weighted by atomic mass is 14.8. The number of benzene rings is 3. The van der Waals surface area contributed by atoms with Gasteiger partial charge in [-0.2, -0.15) is 0 Å². The van der Waals surface area contributed by atoms with Gasteiger partial charge in [-0.05, 0) is 58.9 Å². The second kappa shape index (κ2) is 6.31. The highest BCUT2D eigenvalue weighted by Crippen LogP contribution is 2.44. The maximum atomic E-state index is 6.36. The Labute approximate surface area is 170 Å². The van der Waals surface area contributed by atoms with Gasteiger partial charge in [0.25, 0.3) is 0 Å². The molecule has 0 saturated carbocycles. The van der Waals surface area contributed by atoms with Crippen molar-refractivity contribution in [3.63, 3.8) is 0 Å². The molecule has 0 radical (unpaired) electrons. The van der Waals surface area contributed by atoms with E-state index in [0.29, 0.717) is 11.7 Å². The van der Waals surface area contributed by atoms with Crippen molar-refractivity contribution in [2.45, 2.75) is 25.2 Å². The van der Waals surface area contributed by atoms with Crippen LogP contribution in [0.15, 0.2) is 84.5 Å². The molecule has 1 unspecified atom stereocenters. The predicted octanol–water partition coefficient (Wildman–Crippen LogP) is 6.41. The summed E-state index contributed by atoms with van der Waals surface area (Å²) in [5.41, 5.74) is 14.3. The molecule has 1 atom stereocenters. The van der Waals surface area contributed by atoms with Gasteiger partial charge in [0.2, 0.25) is 0 Å². The van der Waals surface area contributed by atoms with Gasteiger partial charge in [0.05, 0.1) is 5.52 Å². The minimum absolute atomic E-state index is 0.299. The van der Waals surface area contributed by atoms with Crippen LogP contribution >= 0.6 is 0 Å². The first-order valence-electron chi connectivity index (χ1n) is 10.3. The zero-order valence-corrected chi connectivity index (χ0v) is 16.2. The Kier molecular flexibility index (Phi) is 3.60. The fourth-order valence-electron chi connectivity index (χ4n) is 5.08. The highest BCUT2D eigenvalue weighted by molar-refractivity contribution is 5.94. The first-order valence-corrected chi connectivity index (χ1v) is 10.3. The van der Waals surface area contributed by atoms with Gasteiger partial charge in [-0.1, -0.05) is 72.3 Å². The minimum atomic E-state index is 0.299. The fourth-order valence-corrected chi connectivity index (χ4v) is 5.08. The molecule has 2 aliphatic carbocycles. The maximum absolute atomic E-state index is 6.36. The number of aryl methyl sites for hydroxylation is 1. The zero-order valence-electron chi connectivity index (χ0n) is 16.2. The summed E-state index contributed by atoms with van der Waals surface area (Å²) in [5.74, 6) is 0.956. The molecule has 3 aromatic carbocycles. The molecule has 1 aromatic heterocycles. The highest BCUT2D eigenvalue weighted by Gasteiger charge is 2.25. The number of nitrogens with two attached hydrogens (primary N) is 1. The lowest BCUT2D eigenvalue weighted by atomic mass is 9.75. The van der Waals surface area contributed by atoms with Gasteiger partial charge in [-0.3, -0.25) is 0 Å². The molecular weight excluding hydrogens is 352 g/mol. The molecule has 2 N–H and O–H groups in total. The molecule has 0 saturated heterocycles. The fraction of sp³-hybridized carbons (Fsp3) is 0.148. The number of allylic oxidation sites excluding steroid dienone is 4. The van der Waals surface area contributed by atoms with Gasteiger partial charge in [0.15, 0.2) is 0 Å². The van der Waals surface area contributed by atoms with Crippen LogP contribution in [0.5, 0.6) is 0 Å². The molecule has 0 aliphatic heterocycles. The number of aromatic nitrogens is 1.